The molecular formula is C13H24N4O2. The highest BCUT2D eigenvalue weighted by Gasteiger charge is 2.48. The summed E-state index contributed by atoms with van der Waals surface area (Å²) in [7, 11) is 2.07. The number of oxime groups is 1. The van der Waals surface area contributed by atoms with Crippen molar-refractivity contribution >= 4 is 11.7 Å². The molecule has 1 aliphatic carbocycles. The van der Waals surface area contributed by atoms with Crippen LogP contribution in [0.15, 0.2) is 5.16 Å². The second-order valence-electron chi connectivity index (χ2n) is 5.86. The summed E-state index contributed by atoms with van der Waals surface area (Å²) in [4.78, 5) is 16.9. The van der Waals surface area contributed by atoms with Gasteiger partial charge in [-0.1, -0.05) is 18.0 Å². The summed E-state index contributed by atoms with van der Waals surface area (Å²) in [6.45, 7) is 4.43. The Hall–Kier alpha value is -1.30. The molecule has 0 radical (unpaired) electrons. The Morgan fingerprint density at radius 3 is 2.53 bits per heavy atom. The number of nitrogens with zero attached hydrogens (tertiary/aromatic N) is 3. The number of carbonyl (C=O) groups excluding carboxylic acids is 1. The quantitative estimate of drug-likeness (QED) is 0.330. The molecule has 0 spiro atoms. The van der Waals surface area contributed by atoms with Gasteiger partial charge in [0.15, 0.2) is 5.84 Å². The highest BCUT2D eigenvalue weighted by atomic mass is 16.4. The second kappa shape index (κ2) is 5.36. The average Bonchev–Trinajstić information content (AvgIpc) is 2.90. The predicted molar refractivity (Wildman–Crippen MR) is 73.0 cm³/mol. The summed E-state index contributed by atoms with van der Waals surface area (Å²) in [5.74, 6) is 0.127. The van der Waals surface area contributed by atoms with Gasteiger partial charge in [0.25, 0.3) is 0 Å². The van der Waals surface area contributed by atoms with Crippen molar-refractivity contribution in [3.8, 4) is 0 Å². The van der Waals surface area contributed by atoms with Crippen LogP contribution in [0.4, 0.5) is 0 Å². The van der Waals surface area contributed by atoms with E-state index in [0.29, 0.717) is 18.9 Å². The molecule has 2 rings (SSSR count). The lowest BCUT2D eigenvalue weighted by Crippen LogP contribution is -2.57. The summed E-state index contributed by atoms with van der Waals surface area (Å²) >= 11 is 0. The lowest BCUT2D eigenvalue weighted by atomic mass is 9.83. The molecule has 0 aromatic carbocycles. The summed E-state index contributed by atoms with van der Waals surface area (Å²) in [6, 6.07) is 0.350. The van der Waals surface area contributed by atoms with Gasteiger partial charge in [-0.3, -0.25) is 4.79 Å². The zero-order valence-corrected chi connectivity index (χ0v) is 11.8. The molecule has 1 unspecified atom stereocenters. The highest BCUT2D eigenvalue weighted by Crippen LogP contribution is 2.40. The zero-order chi connectivity index (χ0) is 14.0. The van der Waals surface area contributed by atoms with Crippen LogP contribution in [0, 0.1) is 5.41 Å². The molecule has 1 amide bonds. The third-order valence-corrected chi connectivity index (χ3v) is 4.71. The molecule has 3 N–H and O–H groups in total. The molecule has 1 aliphatic heterocycles. The van der Waals surface area contributed by atoms with E-state index >= 15 is 0 Å². The highest BCUT2D eigenvalue weighted by molar-refractivity contribution is 6.07. The van der Waals surface area contributed by atoms with Crippen molar-refractivity contribution in [2.45, 2.75) is 38.6 Å². The zero-order valence-electron chi connectivity index (χ0n) is 11.8. The smallest absolute Gasteiger partial charge is 0.236 e. The van der Waals surface area contributed by atoms with Crippen LogP contribution in [-0.2, 0) is 4.79 Å². The van der Waals surface area contributed by atoms with Crippen molar-refractivity contribution in [2.24, 2.45) is 16.3 Å². The molecule has 1 heterocycles. The number of amides is 1. The summed E-state index contributed by atoms with van der Waals surface area (Å²) in [5, 5.41) is 12.1. The van der Waals surface area contributed by atoms with E-state index in [2.05, 4.69) is 24.0 Å². The Labute approximate surface area is 114 Å². The van der Waals surface area contributed by atoms with Gasteiger partial charge in [0.2, 0.25) is 5.91 Å². The predicted octanol–water partition coefficient (Wildman–Crippen LogP) is 0.456. The van der Waals surface area contributed by atoms with Gasteiger partial charge in [-0.05, 0) is 26.8 Å². The molecule has 1 atom stereocenters. The van der Waals surface area contributed by atoms with Crippen LogP contribution < -0.4 is 5.73 Å². The molecule has 2 fully saturated rings. The summed E-state index contributed by atoms with van der Waals surface area (Å²) in [5.41, 5.74) is 5.07. The Bertz CT molecular complexity index is 377. The third kappa shape index (κ3) is 2.41. The number of likely N-dealkylation sites (N-methyl/N-ethyl adjacent to an activating group) is 1. The lowest BCUT2D eigenvalue weighted by Gasteiger charge is -2.41. The number of hydrogen-bond donors (Lipinski definition) is 2. The first-order chi connectivity index (χ1) is 9.01. The maximum atomic E-state index is 12.8. The first kappa shape index (κ1) is 14.1. The van der Waals surface area contributed by atoms with E-state index in [1.807, 2.05) is 4.90 Å². The minimum atomic E-state index is -0.760. The maximum Gasteiger partial charge on any atom is 0.236 e. The SMILES string of the molecule is CC1CN(C(=O)C2(C(N)=NO)CCCC2)CCN1C. The van der Waals surface area contributed by atoms with Crippen molar-refractivity contribution < 1.29 is 10.0 Å². The fourth-order valence-electron chi connectivity index (χ4n) is 3.19. The Morgan fingerprint density at radius 1 is 1.37 bits per heavy atom. The van der Waals surface area contributed by atoms with Gasteiger partial charge in [0.05, 0.1) is 0 Å². The van der Waals surface area contributed by atoms with Gasteiger partial charge in [-0.2, -0.15) is 0 Å². The van der Waals surface area contributed by atoms with E-state index in [4.69, 9.17) is 10.9 Å². The number of hydrogen-bond acceptors (Lipinski definition) is 4. The van der Waals surface area contributed by atoms with Gasteiger partial charge in [-0.25, -0.2) is 0 Å². The summed E-state index contributed by atoms with van der Waals surface area (Å²) < 4.78 is 0. The number of rotatable bonds is 2. The van der Waals surface area contributed by atoms with Gasteiger partial charge in [0, 0.05) is 25.7 Å². The van der Waals surface area contributed by atoms with Crippen molar-refractivity contribution in [3.05, 3.63) is 0 Å². The van der Waals surface area contributed by atoms with E-state index in [9.17, 15) is 4.79 Å². The first-order valence-corrected chi connectivity index (χ1v) is 6.99. The fraction of sp³-hybridized carbons (Fsp3) is 0.846. The largest absolute Gasteiger partial charge is 0.409 e. The van der Waals surface area contributed by atoms with E-state index < -0.39 is 5.41 Å². The molecule has 108 valence electrons. The van der Waals surface area contributed by atoms with Crippen molar-refractivity contribution in [1.82, 2.24) is 9.80 Å². The molecular weight excluding hydrogens is 244 g/mol. The monoisotopic (exact) mass is 268 g/mol. The third-order valence-electron chi connectivity index (χ3n) is 4.71. The van der Waals surface area contributed by atoms with E-state index in [-0.39, 0.29) is 11.7 Å². The van der Waals surface area contributed by atoms with Crippen LogP contribution in [-0.4, -0.2) is 59.5 Å². The van der Waals surface area contributed by atoms with Gasteiger partial charge >= 0.3 is 0 Å². The van der Waals surface area contributed by atoms with Crippen LogP contribution in [0.3, 0.4) is 0 Å². The van der Waals surface area contributed by atoms with Crippen LogP contribution in [0.2, 0.25) is 0 Å². The van der Waals surface area contributed by atoms with Crippen molar-refractivity contribution in [2.75, 3.05) is 26.7 Å². The molecule has 2 aliphatic rings. The molecule has 0 bridgehead atoms. The Kier molecular flexibility index (Phi) is 3.99. The van der Waals surface area contributed by atoms with Crippen LogP contribution in [0.1, 0.15) is 32.6 Å². The van der Waals surface area contributed by atoms with E-state index in [1.54, 1.807) is 0 Å². The fourth-order valence-corrected chi connectivity index (χ4v) is 3.19. The Balaban J connectivity index is 2.17. The standard InChI is InChI=1S/C13H24N4O2/c1-10-9-17(8-7-16(10)2)12(18)13(11(14)15-19)5-3-4-6-13/h10,19H,3-9H2,1-2H3,(H2,14,15). The van der Waals surface area contributed by atoms with Gasteiger partial charge in [-0.15, -0.1) is 0 Å². The molecule has 19 heavy (non-hydrogen) atoms. The average molecular weight is 268 g/mol. The van der Waals surface area contributed by atoms with E-state index in [0.717, 1.165) is 32.5 Å². The van der Waals surface area contributed by atoms with E-state index in [1.165, 1.54) is 0 Å². The minimum Gasteiger partial charge on any atom is -0.409 e. The van der Waals surface area contributed by atoms with Crippen LogP contribution >= 0.6 is 0 Å². The Morgan fingerprint density at radius 2 is 2.00 bits per heavy atom. The normalized spacial score (nSPS) is 28.6. The molecule has 6 nitrogen and oxygen atoms in total. The van der Waals surface area contributed by atoms with Crippen LogP contribution in [0.5, 0.6) is 0 Å². The second-order valence-corrected chi connectivity index (χ2v) is 5.86. The molecule has 1 saturated carbocycles. The first-order valence-electron chi connectivity index (χ1n) is 6.99. The van der Waals surface area contributed by atoms with Crippen molar-refractivity contribution in [3.63, 3.8) is 0 Å². The molecule has 0 aromatic heterocycles. The molecule has 6 heteroatoms. The number of amidine groups is 1. The number of carbonyl (C=O) groups is 1. The molecule has 1 saturated heterocycles. The number of nitrogens with two attached hydrogens (primary N) is 1. The minimum absolute atomic E-state index is 0.0419. The topological polar surface area (TPSA) is 82.2 Å². The van der Waals surface area contributed by atoms with Crippen molar-refractivity contribution in [1.29, 1.82) is 0 Å². The van der Waals surface area contributed by atoms with Gasteiger partial charge < -0.3 is 20.7 Å². The lowest BCUT2D eigenvalue weighted by molar-refractivity contribution is -0.141. The maximum absolute atomic E-state index is 12.8. The molecule has 0 aromatic rings. The van der Waals surface area contributed by atoms with Crippen LogP contribution in [0.25, 0.3) is 0 Å². The number of piperazine rings is 1. The summed E-state index contributed by atoms with van der Waals surface area (Å²) in [6.07, 6.45) is 3.32. The van der Waals surface area contributed by atoms with Gasteiger partial charge in [0.1, 0.15) is 5.41 Å².